The normalized spacial score (nSPS) is 15.2. The Bertz CT molecular complexity index is 847. The number of benzene rings is 1. The minimum atomic E-state index is -0.0469. The number of rotatable bonds is 6. The van der Waals surface area contributed by atoms with Gasteiger partial charge in [0.15, 0.2) is 0 Å². The average Bonchev–Trinajstić information content (AvgIpc) is 3.39. The van der Waals surface area contributed by atoms with Crippen LogP contribution in [0.5, 0.6) is 0 Å². The number of aryl methyl sites for hydroxylation is 3. The van der Waals surface area contributed by atoms with E-state index < -0.39 is 0 Å². The molecule has 1 aliphatic rings. The van der Waals surface area contributed by atoms with Gasteiger partial charge in [0.25, 0.3) is 5.56 Å². The highest BCUT2D eigenvalue weighted by Crippen LogP contribution is 2.41. The summed E-state index contributed by atoms with van der Waals surface area (Å²) in [6.45, 7) is 11.1. The Morgan fingerprint density at radius 1 is 1.23 bits per heavy atom. The first-order valence-electron chi connectivity index (χ1n) is 9.51. The van der Waals surface area contributed by atoms with Crippen LogP contribution in [0.4, 0.5) is 11.5 Å². The molecule has 140 valence electrons. The van der Waals surface area contributed by atoms with E-state index in [0.29, 0.717) is 23.4 Å². The molecule has 0 saturated heterocycles. The summed E-state index contributed by atoms with van der Waals surface area (Å²) in [7, 11) is 0. The van der Waals surface area contributed by atoms with Gasteiger partial charge < -0.3 is 9.47 Å². The maximum atomic E-state index is 13.3. The number of anilines is 2. The van der Waals surface area contributed by atoms with Gasteiger partial charge in [-0.25, -0.2) is 4.98 Å². The van der Waals surface area contributed by atoms with Gasteiger partial charge >= 0.3 is 0 Å². The highest BCUT2D eigenvalue weighted by Gasteiger charge is 2.33. The average molecular weight is 374 g/mol. The number of hydrogen-bond donors (Lipinski definition) is 0. The van der Waals surface area contributed by atoms with E-state index in [1.165, 1.54) is 18.4 Å². The van der Waals surface area contributed by atoms with Gasteiger partial charge in [0.2, 0.25) is 5.82 Å². The lowest BCUT2D eigenvalue weighted by Gasteiger charge is -2.27. The minimum absolute atomic E-state index is 0.0469. The van der Waals surface area contributed by atoms with Crippen molar-refractivity contribution in [3.05, 3.63) is 50.5 Å². The second kappa shape index (κ2) is 7.43. The predicted molar refractivity (Wildman–Crippen MR) is 109 cm³/mol. The van der Waals surface area contributed by atoms with Crippen molar-refractivity contribution < 1.29 is 0 Å². The molecule has 1 aromatic carbocycles. The molecule has 0 unspecified atom stereocenters. The number of halogens is 1. The van der Waals surface area contributed by atoms with Crippen molar-refractivity contribution in [2.75, 3.05) is 11.4 Å². The summed E-state index contributed by atoms with van der Waals surface area (Å²) in [6.07, 6.45) is 5.02. The molecule has 0 spiro atoms. The fourth-order valence-electron chi connectivity index (χ4n) is 4.14. The smallest absolute Gasteiger partial charge is 0.294 e. The molecule has 1 heterocycles. The maximum absolute atomic E-state index is 13.3. The molecule has 1 saturated carbocycles. The van der Waals surface area contributed by atoms with Crippen LogP contribution in [-0.2, 0) is 0 Å². The first kappa shape index (κ1) is 19.0. The zero-order chi connectivity index (χ0) is 19.0. The molecule has 3 rings (SSSR count). The Hall–Kier alpha value is -1.81. The number of nitrogens with zero attached hydrogens (tertiary/aromatic N) is 3. The molecule has 1 aromatic heterocycles. The summed E-state index contributed by atoms with van der Waals surface area (Å²) in [6, 6.07) is 4.50. The van der Waals surface area contributed by atoms with Crippen molar-refractivity contribution in [2.45, 2.75) is 59.9 Å². The lowest BCUT2D eigenvalue weighted by molar-refractivity contribution is 0.419. The van der Waals surface area contributed by atoms with Gasteiger partial charge in [-0.1, -0.05) is 36.2 Å². The van der Waals surface area contributed by atoms with Crippen LogP contribution in [0.2, 0.25) is 5.15 Å². The van der Waals surface area contributed by atoms with Crippen molar-refractivity contribution in [3.63, 3.8) is 0 Å². The van der Waals surface area contributed by atoms with E-state index in [-0.39, 0.29) is 11.6 Å². The van der Waals surface area contributed by atoms with Gasteiger partial charge in [-0.3, -0.25) is 4.79 Å². The number of hydrogen-bond acceptors (Lipinski definition) is 3. The first-order valence-corrected chi connectivity index (χ1v) is 9.89. The summed E-state index contributed by atoms with van der Waals surface area (Å²) >= 11 is 6.34. The van der Waals surface area contributed by atoms with Crippen LogP contribution in [0.3, 0.4) is 0 Å². The molecule has 0 amide bonds. The van der Waals surface area contributed by atoms with Gasteiger partial charge in [0.1, 0.15) is 5.15 Å². The Balaban J connectivity index is 2.16. The highest BCUT2D eigenvalue weighted by molar-refractivity contribution is 6.29. The van der Waals surface area contributed by atoms with Crippen molar-refractivity contribution in [3.8, 4) is 0 Å². The SMILES string of the molecule is CC[C@H](C1CC1)n1cc(Cl)nc(N(CC)c2c(C)cc(C)cc2C)c1=O. The van der Waals surface area contributed by atoms with E-state index in [9.17, 15) is 4.79 Å². The van der Waals surface area contributed by atoms with Gasteiger partial charge in [-0.2, -0.15) is 0 Å². The number of aromatic nitrogens is 2. The third kappa shape index (κ3) is 3.52. The van der Waals surface area contributed by atoms with E-state index in [0.717, 1.165) is 23.2 Å². The van der Waals surface area contributed by atoms with Crippen LogP contribution in [0, 0.1) is 26.7 Å². The molecule has 0 bridgehead atoms. The summed E-state index contributed by atoms with van der Waals surface area (Å²) < 4.78 is 1.82. The first-order chi connectivity index (χ1) is 12.4. The Morgan fingerprint density at radius 2 is 1.85 bits per heavy atom. The van der Waals surface area contributed by atoms with Crippen LogP contribution >= 0.6 is 11.6 Å². The van der Waals surface area contributed by atoms with Crippen LogP contribution in [0.15, 0.2) is 23.1 Å². The molecule has 0 radical (unpaired) electrons. The monoisotopic (exact) mass is 373 g/mol. The van der Waals surface area contributed by atoms with Crippen molar-refractivity contribution in [2.24, 2.45) is 5.92 Å². The zero-order valence-electron chi connectivity index (χ0n) is 16.3. The van der Waals surface area contributed by atoms with Crippen LogP contribution in [0.25, 0.3) is 0 Å². The summed E-state index contributed by atoms with van der Waals surface area (Å²) in [5.41, 5.74) is 4.51. The van der Waals surface area contributed by atoms with E-state index >= 15 is 0 Å². The standard InChI is InChI=1S/C21H28ClN3O/c1-6-17(16-8-9-16)25-12-18(22)23-20(21(25)26)24(7-2)19-14(4)10-13(3)11-15(19)5/h10-12,16-17H,6-9H2,1-5H3/t17-/m1/s1. The minimum Gasteiger partial charge on any atom is -0.322 e. The van der Waals surface area contributed by atoms with Crippen LogP contribution < -0.4 is 10.5 Å². The fourth-order valence-corrected chi connectivity index (χ4v) is 4.32. The molecule has 2 aromatic rings. The zero-order valence-corrected chi connectivity index (χ0v) is 17.1. The summed E-state index contributed by atoms with van der Waals surface area (Å²) in [5, 5.41) is 0.375. The quantitative estimate of drug-likeness (QED) is 0.685. The molecule has 4 nitrogen and oxygen atoms in total. The molecular weight excluding hydrogens is 346 g/mol. The topological polar surface area (TPSA) is 38.1 Å². The fraction of sp³-hybridized carbons (Fsp3) is 0.524. The molecular formula is C21H28ClN3O. The Kier molecular flexibility index (Phi) is 5.42. The van der Waals surface area contributed by atoms with Crippen molar-refractivity contribution in [1.82, 2.24) is 9.55 Å². The maximum Gasteiger partial charge on any atom is 0.294 e. The second-order valence-electron chi connectivity index (χ2n) is 7.40. The molecule has 5 heteroatoms. The molecule has 1 atom stereocenters. The molecule has 1 fully saturated rings. The van der Waals surface area contributed by atoms with E-state index in [1.807, 2.05) is 16.4 Å². The third-order valence-corrected chi connectivity index (χ3v) is 5.49. The third-order valence-electron chi connectivity index (χ3n) is 5.30. The lowest BCUT2D eigenvalue weighted by atomic mass is 10.0. The molecule has 1 aliphatic carbocycles. The summed E-state index contributed by atoms with van der Waals surface area (Å²) in [5.74, 6) is 1.01. The van der Waals surface area contributed by atoms with E-state index in [2.05, 4.69) is 44.8 Å². The highest BCUT2D eigenvalue weighted by atomic mass is 35.5. The van der Waals surface area contributed by atoms with Gasteiger partial charge in [0, 0.05) is 24.5 Å². The van der Waals surface area contributed by atoms with Crippen LogP contribution in [-0.4, -0.2) is 16.1 Å². The molecule has 0 N–H and O–H groups in total. The van der Waals surface area contributed by atoms with Gasteiger partial charge in [-0.05, 0) is 64.0 Å². The molecule has 26 heavy (non-hydrogen) atoms. The largest absolute Gasteiger partial charge is 0.322 e. The van der Waals surface area contributed by atoms with E-state index in [1.54, 1.807) is 6.20 Å². The summed E-state index contributed by atoms with van der Waals surface area (Å²) in [4.78, 5) is 19.8. The van der Waals surface area contributed by atoms with Crippen LogP contribution in [0.1, 0.15) is 55.8 Å². The second-order valence-corrected chi connectivity index (χ2v) is 7.79. The van der Waals surface area contributed by atoms with Crippen molar-refractivity contribution in [1.29, 1.82) is 0 Å². The van der Waals surface area contributed by atoms with Crippen molar-refractivity contribution >= 4 is 23.1 Å². The predicted octanol–water partition coefficient (Wildman–Crippen LogP) is 5.34. The Labute approximate surface area is 160 Å². The lowest BCUT2D eigenvalue weighted by Crippen LogP contribution is -2.33. The van der Waals surface area contributed by atoms with Gasteiger partial charge in [0.05, 0.1) is 0 Å². The van der Waals surface area contributed by atoms with Gasteiger partial charge in [-0.15, -0.1) is 0 Å². The van der Waals surface area contributed by atoms with E-state index in [4.69, 9.17) is 11.6 Å². The molecule has 0 aliphatic heterocycles. The Morgan fingerprint density at radius 3 is 2.35 bits per heavy atom.